The molecule has 1 aliphatic rings. The summed E-state index contributed by atoms with van der Waals surface area (Å²) in [6.45, 7) is 4.57. The van der Waals surface area contributed by atoms with E-state index in [1.54, 1.807) is 16.9 Å². The fourth-order valence-corrected chi connectivity index (χ4v) is 2.80. The van der Waals surface area contributed by atoms with Crippen molar-refractivity contribution in [2.75, 3.05) is 38.0 Å². The Morgan fingerprint density at radius 3 is 2.54 bits per heavy atom. The number of hydrogen-bond donors (Lipinski definition) is 2. The quantitative estimate of drug-likeness (QED) is 0.747. The average molecular weight is 443 g/mol. The molecule has 1 amide bonds. The summed E-state index contributed by atoms with van der Waals surface area (Å²) < 4.78 is 1.75. The normalized spacial score (nSPS) is 13.7. The fourth-order valence-electron chi connectivity index (χ4n) is 2.61. The Hall–Kier alpha value is -1.02. The van der Waals surface area contributed by atoms with Gasteiger partial charge in [-0.3, -0.25) is 9.69 Å². The molecule has 1 saturated heterocycles. The minimum Gasteiger partial charge on any atom is -0.314 e. The van der Waals surface area contributed by atoms with Crippen molar-refractivity contribution in [2.24, 2.45) is 0 Å². The highest BCUT2D eigenvalue weighted by atomic mass is 35.5. The first-order valence-corrected chi connectivity index (χ1v) is 8.08. The van der Waals surface area contributed by atoms with Gasteiger partial charge in [0.1, 0.15) is 5.82 Å². The maximum atomic E-state index is 12.2. The van der Waals surface area contributed by atoms with E-state index in [0.717, 1.165) is 31.7 Å². The lowest BCUT2D eigenvalue weighted by atomic mass is 10.2. The molecule has 0 spiro atoms. The molecule has 0 radical (unpaired) electrons. The van der Waals surface area contributed by atoms with Crippen molar-refractivity contribution in [1.29, 1.82) is 0 Å². The predicted octanol–water partition coefficient (Wildman–Crippen LogP) is 2.69. The molecule has 26 heavy (non-hydrogen) atoms. The van der Waals surface area contributed by atoms with Crippen molar-refractivity contribution in [3.63, 3.8) is 0 Å². The molecule has 1 aliphatic heterocycles. The fraction of sp³-hybridized carbons (Fsp3) is 0.375. The van der Waals surface area contributed by atoms with Gasteiger partial charge in [0.05, 0.1) is 19.3 Å². The van der Waals surface area contributed by atoms with Crippen LogP contribution in [0.15, 0.2) is 36.5 Å². The molecule has 0 saturated carbocycles. The van der Waals surface area contributed by atoms with Crippen LogP contribution >= 0.6 is 48.8 Å². The number of halogens is 4. The number of benzene rings is 1. The summed E-state index contributed by atoms with van der Waals surface area (Å²) in [6.07, 6.45) is 1.68. The summed E-state index contributed by atoms with van der Waals surface area (Å²) in [5.74, 6) is 0.665. The number of amides is 1. The maximum Gasteiger partial charge on any atom is 0.239 e. The van der Waals surface area contributed by atoms with Gasteiger partial charge >= 0.3 is 0 Å². The van der Waals surface area contributed by atoms with Crippen molar-refractivity contribution < 1.29 is 4.79 Å². The van der Waals surface area contributed by atoms with Crippen molar-refractivity contribution in [3.05, 3.63) is 47.1 Å². The molecule has 2 heterocycles. The molecule has 6 nitrogen and oxygen atoms in total. The number of rotatable bonds is 5. The molecular formula is C16H23Cl4N5O. The van der Waals surface area contributed by atoms with Crippen LogP contribution in [0.5, 0.6) is 0 Å². The van der Waals surface area contributed by atoms with Gasteiger partial charge in [0.25, 0.3) is 0 Å². The van der Waals surface area contributed by atoms with E-state index in [2.05, 4.69) is 20.6 Å². The maximum absolute atomic E-state index is 12.2. The lowest BCUT2D eigenvalue weighted by Gasteiger charge is -2.26. The molecule has 0 unspecified atom stereocenters. The standard InChI is InChI=1S/C16H20ClN5O.3ClH/c17-14-4-2-1-3-13(14)11-22-15(5-6-19-22)20-16(23)12-21-9-7-18-8-10-21;;;/h1-6,18H,7-12H2,(H,20,23);3*1H. The number of piperazine rings is 1. The second-order valence-corrected chi connectivity index (χ2v) is 5.95. The zero-order chi connectivity index (χ0) is 16.1. The third-order valence-electron chi connectivity index (χ3n) is 3.84. The van der Waals surface area contributed by atoms with Gasteiger partial charge in [-0.25, -0.2) is 4.68 Å². The summed E-state index contributed by atoms with van der Waals surface area (Å²) in [4.78, 5) is 14.3. The van der Waals surface area contributed by atoms with Gasteiger partial charge in [0, 0.05) is 37.3 Å². The van der Waals surface area contributed by atoms with E-state index in [4.69, 9.17) is 11.6 Å². The average Bonchev–Trinajstić information content (AvgIpc) is 2.97. The van der Waals surface area contributed by atoms with E-state index >= 15 is 0 Å². The van der Waals surface area contributed by atoms with Crippen LogP contribution in [0.2, 0.25) is 5.02 Å². The first kappa shape index (κ1) is 25.0. The van der Waals surface area contributed by atoms with E-state index in [9.17, 15) is 4.79 Å². The van der Waals surface area contributed by atoms with Crippen LogP contribution in [0.4, 0.5) is 5.82 Å². The number of nitrogens with one attached hydrogen (secondary N) is 2. The van der Waals surface area contributed by atoms with Gasteiger partial charge in [0.15, 0.2) is 0 Å². The van der Waals surface area contributed by atoms with Gasteiger partial charge < -0.3 is 10.6 Å². The largest absolute Gasteiger partial charge is 0.314 e. The SMILES string of the molecule is Cl.Cl.Cl.O=C(CN1CCNCC1)Nc1ccnn1Cc1ccccc1Cl. The molecule has 1 aromatic heterocycles. The zero-order valence-corrected chi connectivity index (χ0v) is 17.3. The number of hydrogen-bond acceptors (Lipinski definition) is 4. The number of carbonyl (C=O) groups excluding carboxylic acids is 1. The van der Waals surface area contributed by atoms with Gasteiger partial charge in [-0.1, -0.05) is 29.8 Å². The predicted molar refractivity (Wildman–Crippen MR) is 112 cm³/mol. The molecule has 1 fully saturated rings. The van der Waals surface area contributed by atoms with Crippen LogP contribution < -0.4 is 10.6 Å². The van der Waals surface area contributed by atoms with Gasteiger partial charge in [-0.2, -0.15) is 5.10 Å². The first-order valence-electron chi connectivity index (χ1n) is 7.70. The summed E-state index contributed by atoms with van der Waals surface area (Å²) in [6, 6.07) is 9.43. The van der Waals surface area contributed by atoms with E-state index < -0.39 is 0 Å². The topological polar surface area (TPSA) is 62.2 Å². The van der Waals surface area contributed by atoms with Crippen molar-refractivity contribution in [1.82, 2.24) is 20.0 Å². The number of anilines is 1. The van der Waals surface area contributed by atoms with Crippen LogP contribution in [0.25, 0.3) is 0 Å². The Balaban J connectivity index is 0.00000208. The van der Waals surface area contributed by atoms with Crippen molar-refractivity contribution >= 4 is 60.5 Å². The number of aromatic nitrogens is 2. The highest BCUT2D eigenvalue weighted by Gasteiger charge is 2.15. The van der Waals surface area contributed by atoms with E-state index in [0.29, 0.717) is 23.9 Å². The zero-order valence-electron chi connectivity index (χ0n) is 14.1. The molecule has 0 atom stereocenters. The van der Waals surface area contributed by atoms with Crippen LogP contribution in [0.3, 0.4) is 0 Å². The van der Waals surface area contributed by atoms with Crippen LogP contribution in [0, 0.1) is 0 Å². The Morgan fingerprint density at radius 1 is 1.15 bits per heavy atom. The molecule has 3 rings (SSSR count). The Labute approximate surface area is 176 Å². The molecule has 1 aromatic carbocycles. The molecule has 10 heteroatoms. The molecule has 0 bridgehead atoms. The highest BCUT2D eigenvalue weighted by molar-refractivity contribution is 6.31. The van der Waals surface area contributed by atoms with Gasteiger partial charge in [-0.05, 0) is 11.6 Å². The first-order chi connectivity index (χ1) is 11.2. The lowest BCUT2D eigenvalue weighted by Crippen LogP contribution is -2.46. The monoisotopic (exact) mass is 441 g/mol. The third kappa shape index (κ3) is 6.95. The molecule has 2 aromatic rings. The van der Waals surface area contributed by atoms with Crippen LogP contribution in [-0.4, -0.2) is 53.3 Å². The minimum absolute atomic E-state index is 0. The number of nitrogens with zero attached hydrogens (tertiary/aromatic N) is 3. The Kier molecular flexibility index (Phi) is 11.9. The van der Waals surface area contributed by atoms with Gasteiger partial charge in [0.2, 0.25) is 5.91 Å². The summed E-state index contributed by atoms with van der Waals surface area (Å²) in [5.41, 5.74) is 0.968. The highest BCUT2D eigenvalue weighted by Crippen LogP contribution is 2.18. The Morgan fingerprint density at radius 2 is 1.85 bits per heavy atom. The molecular weight excluding hydrogens is 420 g/mol. The Bertz CT molecular complexity index is 676. The molecule has 0 aliphatic carbocycles. The van der Waals surface area contributed by atoms with E-state index in [-0.39, 0.29) is 43.1 Å². The van der Waals surface area contributed by atoms with Crippen molar-refractivity contribution in [3.8, 4) is 0 Å². The smallest absolute Gasteiger partial charge is 0.239 e. The summed E-state index contributed by atoms with van der Waals surface area (Å²) in [5, 5.41) is 11.2. The van der Waals surface area contributed by atoms with E-state index in [1.165, 1.54) is 0 Å². The second kappa shape index (κ2) is 12.4. The van der Waals surface area contributed by atoms with Gasteiger partial charge in [-0.15, -0.1) is 37.2 Å². The summed E-state index contributed by atoms with van der Waals surface area (Å²) >= 11 is 6.19. The summed E-state index contributed by atoms with van der Waals surface area (Å²) in [7, 11) is 0. The number of carbonyl (C=O) groups is 1. The van der Waals surface area contributed by atoms with E-state index in [1.807, 2.05) is 24.3 Å². The van der Waals surface area contributed by atoms with Crippen LogP contribution in [-0.2, 0) is 11.3 Å². The minimum atomic E-state index is -0.0205. The molecule has 146 valence electrons. The van der Waals surface area contributed by atoms with Crippen LogP contribution in [0.1, 0.15) is 5.56 Å². The lowest BCUT2D eigenvalue weighted by molar-refractivity contribution is -0.117. The third-order valence-corrected chi connectivity index (χ3v) is 4.21. The van der Waals surface area contributed by atoms with Crippen molar-refractivity contribution in [2.45, 2.75) is 6.54 Å². The second-order valence-electron chi connectivity index (χ2n) is 5.54. The molecule has 2 N–H and O–H groups in total.